The second-order valence-electron chi connectivity index (χ2n) is 3.59. The maximum atomic E-state index is 11.4. The molecule has 0 aromatic carbocycles. The molecule has 1 rings (SSSR count). The monoisotopic (exact) mass is 226 g/mol. The van der Waals surface area contributed by atoms with Crippen molar-refractivity contribution in [3.8, 4) is 12.3 Å². The highest BCUT2D eigenvalue weighted by Crippen LogP contribution is 2.13. The summed E-state index contributed by atoms with van der Waals surface area (Å²) < 4.78 is 5.00. The molecule has 3 N–H and O–H groups in total. The molecule has 1 aliphatic heterocycles. The molecule has 0 aromatic heterocycles. The van der Waals surface area contributed by atoms with Gasteiger partial charge in [-0.25, -0.2) is 4.79 Å². The quantitative estimate of drug-likeness (QED) is 0.561. The predicted octanol–water partition coefficient (Wildman–Crippen LogP) is -0.593. The maximum Gasteiger partial charge on any atom is 0.316 e. The van der Waals surface area contributed by atoms with Crippen LogP contribution in [-0.4, -0.2) is 42.4 Å². The first-order valence-electron chi connectivity index (χ1n) is 4.88. The minimum absolute atomic E-state index is 0.116. The fourth-order valence-electron chi connectivity index (χ4n) is 1.39. The Morgan fingerprint density at radius 1 is 1.56 bits per heavy atom. The van der Waals surface area contributed by atoms with Gasteiger partial charge in [0.1, 0.15) is 5.92 Å². The molecular formula is C10H14N2O4. The fourth-order valence-corrected chi connectivity index (χ4v) is 1.39. The van der Waals surface area contributed by atoms with Crippen molar-refractivity contribution in [3.05, 3.63) is 0 Å². The van der Waals surface area contributed by atoms with E-state index in [-0.39, 0.29) is 13.2 Å². The molecule has 0 saturated carbocycles. The first-order chi connectivity index (χ1) is 7.54. The van der Waals surface area contributed by atoms with Crippen molar-refractivity contribution in [2.75, 3.05) is 13.2 Å². The summed E-state index contributed by atoms with van der Waals surface area (Å²) in [6, 6.07) is -1.39. The highest BCUT2D eigenvalue weighted by atomic mass is 16.5. The largest absolute Gasteiger partial charge is 0.481 e. The third kappa shape index (κ3) is 3.14. The van der Waals surface area contributed by atoms with E-state index >= 15 is 0 Å². The van der Waals surface area contributed by atoms with Gasteiger partial charge >= 0.3 is 12.0 Å². The number of rotatable bonds is 3. The number of carbonyl (C=O) groups excluding carboxylic acids is 1. The number of ether oxygens (including phenoxy) is 1. The van der Waals surface area contributed by atoms with Crippen LogP contribution in [0.2, 0.25) is 0 Å². The van der Waals surface area contributed by atoms with Gasteiger partial charge in [-0.15, -0.1) is 6.42 Å². The van der Waals surface area contributed by atoms with E-state index in [0.29, 0.717) is 0 Å². The minimum atomic E-state index is -0.979. The van der Waals surface area contributed by atoms with Crippen molar-refractivity contribution in [3.63, 3.8) is 0 Å². The van der Waals surface area contributed by atoms with E-state index in [2.05, 4.69) is 16.6 Å². The number of carboxylic acid groups (broad SMARTS) is 1. The first-order valence-corrected chi connectivity index (χ1v) is 4.88. The van der Waals surface area contributed by atoms with Gasteiger partial charge in [0.25, 0.3) is 0 Å². The average Bonchev–Trinajstić information content (AvgIpc) is 2.65. The van der Waals surface area contributed by atoms with Crippen molar-refractivity contribution in [1.82, 2.24) is 10.6 Å². The van der Waals surface area contributed by atoms with Crippen molar-refractivity contribution < 1.29 is 19.4 Å². The van der Waals surface area contributed by atoms with E-state index in [1.165, 1.54) is 0 Å². The van der Waals surface area contributed by atoms with Crippen molar-refractivity contribution in [2.45, 2.75) is 19.0 Å². The normalized spacial score (nSPS) is 25.5. The van der Waals surface area contributed by atoms with Crippen molar-refractivity contribution in [2.24, 2.45) is 5.92 Å². The second-order valence-corrected chi connectivity index (χ2v) is 3.59. The Morgan fingerprint density at radius 3 is 2.81 bits per heavy atom. The summed E-state index contributed by atoms with van der Waals surface area (Å²) in [4.78, 5) is 22.2. The van der Waals surface area contributed by atoms with E-state index in [1.807, 2.05) is 0 Å². The minimum Gasteiger partial charge on any atom is -0.481 e. The number of hydrogen-bond donors (Lipinski definition) is 3. The van der Waals surface area contributed by atoms with Crippen molar-refractivity contribution in [1.29, 1.82) is 0 Å². The highest BCUT2D eigenvalue weighted by Gasteiger charge is 2.35. The highest BCUT2D eigenvalue weighted by molar-refractivity contribution is 5.77. The average molecular weight is 226 g/mol. The molecule has 88 valence electrons. The van der Waals surface area contributed by atoms with Crippen LogP contribution >= 0.6 is 0 Å². The summed E-state index contributed by atoms with van der Waals surface area (Å²) in [6.45, 7) is 1.97. The molecule has 3 unspecified atom stereocenters. The van der Waals surface area contributed by atoms with Crippen LogP contribution < -0.4 is 10.6 Å². The molecule has 1 aliphatic rings. The van der Waals surface area contributed by atoms with E-state index in [1.54, 1.807) is 6.92 Å². The van der Waals surface area contributed by atoms with Gasteiger partial charge in [0.15, 0.2) is 0 Å². The Morgan fingerprint density at radius 2 is 2.25 bits per heavy atom. The molecule has 0 aliphatic carbocycles. The van der Waals surface area contributed by atoms with Crippen LogP contribution in [0.1, 0.15) is 6.92 Å². The molecule has 1 heterocycles. The molecule has 6 nitrogen and oxygen atoms in total. The van der Waals surface area contributed by atoms with Gasteiger partial charge in [0, 0.05) is 0 Å². The van der Waals surface area contributed by atoms with E-state index < -0.39 is 30.0 Å². The Kier molecular flexibility index (Phi) is 4.14. The van der Waals surface area contributed by atoms with Crippen LogP contribution in [0.25, 0.3) is 0 Å². The topological polar surface area (TPSA) is 87.7 Å². The number of hydrogen-bond acceptors (Lipinski definition) is 3. The lowest BCUT2D eigenvalue weighted by atomic mass is 10.0. The smallest absolute Gasteiger partial charge is 0.316 e. The van der Waals surface area contributed by atoms with E-state index in [4.69, 9.17) is 16.3 Å². The Bertz CT molecular complexity index is 323. The summed E-state index contributed by atoms with van der Waals surface area (Å²) in [5.74, 6) is 0.654. The van der Waals surface area contributed by atoms with Gasteiger partial charge in [-0.2, -0.15) is 0 Å². The summed E-state index contributed by atoms with van der Waals surface area (Å²) in [6.07, 6.45) is 5.09. The molecule has 3 atom stereocenters. The number of terminal acetylenes is 1. The Hall–Kier alpha value is -1.74. The number of amides is 2. The number of carbonyl (C=O) groups is 2. The van der Waals surface area contributed by atoms with Crippen molar-refractivity contribution >= 4 is 12.0 Å². The second kappa shape index (κ2) is 5.37. The number of urea groups is 1. The van der Waals surface area contributed by atoms with Gasteiger partial charge in [-0.1, -0.05) is 5.92 Å². The Balaban J connectivity index is 2.45. The van der Waals surface area contributed by atoms with Gasteiger partial charge in [-0.3, -0.25) is 4.79 Å². The Labute approximate surface area is 93.3 Å². The molecule has 0 aromatic rings. The SMILES string of the molecule is C#CC(C)NC(=O)NC1COCC1C(=O)O. The van der Waals surface area contributed by atoms with Crippen LogP contribution in [0.5, 0.6) is 0 Å². The van der Waals surface area contributed by atoms with Crippen LogP contribution in [0.3, 0.4) is 0 Å². The maximum absolute atomic E-state index is 11.4. The number of aliphatic carboxylic acids is 1. The summed E-state index contributed by atoms with van der Waals surface area (Å²) >= 11 is 0. The molecule has 6 heteroatoms. The zero-order chi connectivity index (χ0) is 12.1. The zero-order valence-corrected chi connectivity index (χ0v) is 8.90. The lowest BCUT2D eigenvalue weighted by Crippen LogP contribution is -2.49. The third-order valence-corrected chi connectivity index (χ3v) is 2.31. The molecule has 2 amide bonds. The standard InChI is InChI=1S/C10H14N2O4/c1-3-6(2)11-10(15)12-8-5-16-4-7(8)9(13)14/h1,6-8H,4-5H2,2H3,(H,13,14)(H2,11,12,15). The number of nitrogens with one attached hydrogen (secondary N) is 2. The van der Waals surface area contributed by atoms with Crippen LogP contribution in [0, 0.1) is 18.3 Å². The van der Waals surface area contributed by atoms with Gasteiger partial charge in [-0.05, 0) is 6.92 Å². The van der Waals surface area contributed by atoms with Crippen LogP contribution in [0.15, 0.2) is 0 Å². The fraction of sp³-hybridized carbons (Fsp3) is 0.600. The van der Waals surface area contributed by atoms with E-state index in [0.717, 1.165) is 0 Å². The molecule has 16 heavy (non-hydrogen) atoms. The third-order valence-electron chi connectivity index (χ3n) is 2.31. The lowest BCUT2D eigenvalue weighted by molar-refractivity contribution is -0.142. The van der Waals surface area contributed by atoms with Gasteiger partial charge in [0.05, 0.1) is 25.3 Å². The van der Waals surface area contributed by atoms with Crippen LogP contribution in [-0.2, 0) is 9.53 Å². The summed E-state index contributed by atoms with van der Waals surface area (Å²) in [7, 11) is 0. The van der Waals surface area contributed by atoms with Crippen LogP contribution in [0.4, 0.5) is 4.79 Å². The zero-order valence-electron chi connectivity index (χ0n) is 8.90. The molecule has 0 radical (unpaired) electrons. The lowest BCUT2D eigenvalue weighted by Gasteiger charge is -2.17. The van der Waals surface area contributed by atoms with Gasteiger partial charge < -0.3 is 20.5 Å². The van der Waals surface area contributed by atoms with E-state index in [9.17, 15) is 9.59 Å². The molecular weight excluding hydrogens is 212 g/mol. The molecule has 1 saturated heterocycles. The first kappa shape index (κ1) is 12.3. The molecule has 1 fully saturated rings. The summed E-state index contributed by atoms with van der Waals surface area (Å²) in [5, 5.41) is 13.8. The predicted molar refractivity (Wildman–Crippen MR) is 55.7 cm³/mol. The van der Waals surface area contributed by atoms with Gasteiger partial charge in [0.2, 0.25) is 0 Å². The number of carboxylic acids is 1. The molecule has 0 spiro atoms. The molecule has 0 bridgehead atoms. The summed E-state index contributed by atoms with van der Waals surface area (Å²) in [5.41, 5.74) is 0.